The van der Waals surface area contributed by atoms with E-state index in [0.29, 0.717) is 13.1 Å². The predicted molar refractivity (Wildman–Crippen MR) is 57.7 cm³/mol. The zero-order valence-corrected chi connectivity index (χ0v) is 9.54. The molecule has 2 aliphatic rings. The minimum Gasteiger partial charge on any atom is -0.481 e. The van der Waals surface area contributed by atoms with Crippen molar-refractivity contribution < 1.29 is 14.1 Å². The summed E-state index contributed by atoms with van der Waals surface area (Å²) < 4.78 is 13.8. The summed E-state index contributed by atoms with van der Waals surface area (Å²) in [6.45, 7) is 0.941. The summed E-state index contributed by atoms with van der Waals surface area (Å²) in [6.07, 6.45) is 5.69. The number of carboxylic acid groups (broad SMARTS) is 1. The molecule has 0 amide bonds. The number of rotatable bonds is 3. The van der Waals surface area contributed by atoms with Crippen molar-refractivity contribution in [3.63, 3.8) is 0 Å². The molecule has 1 aliphatic carbocycles. The van der Waals surface area contributed by atoms with Crippen molar-refractivity contribution in [2.24, 2.45) is 5.92 Å². The summed E-state index contributed by atoms with van der Waals surface area (Å²) in [6, 6.07) is 0. The van der Waals surface area contributed by atoms with Crippen LogP contribution in [-0.4, -0.2) is 37.9 Å². The van der Waals surface area contributed by atoms with Gasteiger partial charge in [0.2, 0.25) is 0 Å². The standard InChI is InChI=1S/C10H17NO3S/c12-10(13)8-6-11(7-8)15(14)9-4-2-1-3-5-9/h8-9H,1-7H2,(H,12,13). The van der Waals surface area contributed by atoms with Gasteiger partial charge in [0, 0.05) is 18.3 Å². The maximum atomic E-state index is 12.0. The van der Waals surface area contributed by atoms with Crippen LogP contribution in [0.5, 0.6) is 0 Å². The Morgan fingerprint density at radius 1 is 1.20 bits per heavy atom. The first-order valence-corrected chi connectivity index (χ1v) is 6.74. The Balaban J connectivity index is 1.80. The fraction of sp³-hybridized carbons (Fsp3) is 0.900. The van der Waals surface area contributed by atoms with Gasteiger partial charge >= 0.3 is 5.97 Å². The molecule has 0 aromatic carbocycles. The second-order valence-electron chi connectivity index (χ2n) is 4.42. The molecule has 1 heterocycles. The number of aliphatic carboxylic acids is 1. The van der Waals surface area contributed by atoms with Gasteiger partial charge < -0.3 is 5.11 Å². The molecular weight excluding hydrogens is 214 g/mol. The molecule has 1 N–H and O–H groups in total. The van der Waals surface area contributed by atoms with Gasteiger partial charge in [-0.25, -0.2) is 8.51 Å². The van der Waals surface area contributed by atoms with Crippen LogP contribution in [0.25, 0.3) is 0 Å². The molecule has 1 saturated heterocycles. The second kappa shape index (κ2) is 4.61. The molecule has 0 radical (unpaired) electrons. The van der Waals surface area contributed by atoms with E-state index in [9.17, 15) is 9.00 Å². The van der Waals surface area contributed by atoms with Crippen LogP contribution in [0.3, 0.4) is 0 Å². The lowest BCUT2D eigenvalue weighted by molar-refractivity contribution is -0.145. The van der Waals surface area contributed by atoms with E-state index in [2.05, 4.69) is 0 Å². The molecule has 1 saturated carbocycles. The van der Waals surface area contributed by atoms with Crippen LogP contribution in [0.2, 0.25) is 0 Å². The first-order chi connectivity index (χ1) is 7.18. The number of hydrogen-bond acceptors (Lipinski definition) is 2. The minimum atomic E-state index is -0.932. The summed E-state index contributed by atoms with van der Waals surface area (Å²) in [5.74, 6) is -1.05. The molecule has 1 aliphatic heterocycles. The third kappa shape index (κ3) is 2.39. The van der Waals surface area contributed by atoms with Gasteiger partial charge in [-0.3, -0.25) is 4.79 Å². The molecule has 1 atom stereocenters. The highest BCUT2D eigenvalue weighted by Gasteiger charge is 2.38. The van der Waals surface area contributed by atoms with Crippen LogP contribution in [0, 0.1) is 5.92 Å². The largest absolute Gasteiger partial charge is 0.481 e. The Labute approximate surface area is 92.2 Å². The van der Waals surface area contributed by atoms with Crippen molar-refractivity contribution in [3.8, 4) is 0 Å². The second-order valence-corrected chi connectivity index (χ2v) is 6.15. The molecule has 2 rings (SSSR count). The average molecular weight is 231 g/mol. The van der Waals surface area contributed by atoms with Crippen molar-refractivity contribution in [3.05, 3.63) is 0 Å². The molecule has 2 fully saturated rings. The lowest BCUT2D eigenvalue weighted by Gasteiger charge is -2.38. The number of carboxylic acids is 1. The molecule has 0 aromatic rings. The topological polar surface area (TPSA) is 57.6 Å². The monoisotopic (exact) mass is 231 g/mol. The molecule has 15 heavy (non-hydrogen) atoms. The van der Waals surface area contributed by atoms with Crippen molar-refractivity contribution in [2.45, 2.75) is 37.4 Å². The quantitative estimate of drug-likeness (QED) is 0.788. The van der Waals surface area contributed by atoms with E-state index in [1.54, 1.807) is 0 Å². The Morgan fingerprint density at radius 3 is 2.33 bits per heavy atom. The van der Waals surface area contributed by atoms with Gasteiger partial charge in [-0.05, 0) is 12.8 Å². The first-order valence-electron chi connectivity index (χ1n) is 5.57. The van der Waals surface area contributed by atoms with E-state index in [4.69, 9.17) is 5.11 Å². The van der Waals surface area contributed by atoms with Gasteiger partial charge in [0.05, 0.1) is 16.9 Å². The summed E-state index contributed by atoms with van der Waals surface area (Å²) in [5.41, 5.74) is 0. The minimum absolute atomic E-state index is 0.286. The fourth-order valence-electron chi connectivity index (χ4n) is 2.22. The third-order valence-corrected chi connectivity index (χ3v) is 5.14. The average Bonchev–Trinajstić information content (AvgIpc) is 2.16. The Kier molecular flexibility index (Phi) is 3.41. The van der Waals surface area contributed by atoms with Gasteiger partial charge in [0.1, 0.15) is 0 Å². The molecule has 5 heteroatoms. The molecule has 0 aromatic heterocycles. The summed E-state index contributed by atoms with van der Waals surface area (Å²) >= 11 is 0. The van der Waals surface area contributed by atoms with Crippen LogP contribution in [-0.2, 0) is 15.8 Å². The molecule has 86 valence electrons. The smallest absolute Gasteiger partial charge is 0.309 e. The molecule has 4 nitrogen and oxygen atoms in total. The maximum absolute atomic E-state index is 12.0. The van der Waals surface area contributed by atoms with Crippen molar-refractivity contribution in [1.29, 1.82) is 0 Å². The Hall–Kier alpha value is -0.420. The van der Waals surface area contributed by atoms with Crippen molar-refractivity contribution >= 4 is 17.0 Å². The van der Waals surface area contributed by atoms with Crippen LogP contribution in [0.4, 0.5) is 0 Å². The Morgan fingerprint density at radius 2 is 1.80 bits per heavy atom. The molecule has 1 unspecified atom stereocenters. The van der Waals surface area contributed by atoms with Gasteiger partial charge in [0.15, 0.2) is 0 Å². The lowest BCUT2D eigenvalue weighted by Crippen LogP contribution is -2.53. The third-order valence-electron chi connectivity index (χ3n) is 3.29. The van der Waals surface area contributed by atoms with Crippen LogP contribution in [0.1, 0.15) is 32.1 Å². The highest BCUT2D eigenvalue weighted by molar-refractivity contribution is 7.83. The van der Waals surface area contributed by atoms with E-state index < -0.39 is 17.0 Å². The fourth-order valence-corrected chi connectivity index (χ4v) is 4.03. The highest BCUT2D eigenvalue weighted by Crippen LogP contribution is 2.27. The number of nitrogens with zero attached hydrogens (tertiary/aromatic N) is 1. The normalized spacial score (nSPS) is 27.2. The van der Waals surface area contributed by atoms with Crippen molar-refractivity contribution in [1.82, 2.24) is 4.31 Å². The summed E-state index contributed by atoms with van der Waals surface area (Å²) in [4.78, 5) is 10.6. The lowest BCUT2D eigenvalue weighted by atomic mass is 10.0. The molecular formula is C10H17NO3S. The van der Waals surface area contributed by atoms with Crippen LogP contribution < -0.4 is 0 Å². The van der Waals surface area contributed by atoms with Gasteiger partial charge in [0.25, 0.3) is 0 Å². The SMILES string of the molecule is O=C(O)C1CN(S(=O)C2CCCCC2)C1. The van der Waals surface area contributed by atoms with Gasteiger partial charge in [-0.15, -0.1) is 0 Å². The van der Waals surface area contributed by atoms with E-state index in [1.165, 1.54) is 19.3 Å². The summed E-state index contributed by atoms with van der Waals surface area (Å²) in [7, 11) is -0.932. The van der Waals surface area contributed by atoms with Gasteiger partial charge in [-0.2, -0.15) is 0 Å². The molecule has 0 spiro atoms. The van der Waals surface area contributed by atoms with E-state index >= 15 is 0 Å². The summed E-state index contributed by atoms with van der Waals surface area (Å²) in [5, 5.41) is 9.00. The van der Waals surface area contributed by atoms with Crippen LogP contribution >= 0.6 is 0 Å². The number of hydrogen-bond donors (Lipinski definition) is 1. The van der Waals surface area contributed by atoms with Crippen LogP contribution in [0.15, 0.2) is 0 Å². The van der Waals surface area contributed by atoms with Crippen molar-refractivity contribution in [2.75, 3.05) is 13.1 Å². The Bertz CT molecular complexity index is 270. The zero-order valence-electron chi connectivity index (χ0n) is 8.72. The zero-order chi connectivity index (χ0) is 10.8. The maximum Gasteiger partial charge on any atom is 0.309 e. The van der Waals surface area contributed by atoms with E-state index in [1.807, 2.05) is 4.31 Å². The number of carbonyl (C=O) groups is 1. The first kappa shape index (κ1) is 11.1. The molecule has 0 bridgehead atoms. The predicted octanol–water partition coefficient (Wildman–Crippen LogP) is 0.999. The van der Waals surface area contributed by atoms with Gasteiger partial charge in [-0.1, -0.05) is 19.3 Å². The van der Waals surface area contributed by atoms with E-state index in [0.717, 1.165) is 12.8 Å². The van der Waals surface area contributed by atoms with E-state index in [-0.39, 0.29) is 11.2 Å². The highest BCUT2D eigenvalue weighted by atomic mass is 32.2.